The summed E-state index contributed by atoms with van der Waals surface area (Å²) >= 11 is 0. The molecule has 0 unspecified atom stereocenters. The van der Waals surface area contributed by atoms with Crippen LogP contribution in [-0.2, 0) is 6.42 Å². The second kappa shape index (κ2) is 3.79. The number of benzene rings is 1. The summed E-state index contributed by atoms with van der Waals surface area (Å²) < 4.78 is 0. The standard InChI is InChI=1S/C11H16N2/c12-11-4-2-1-3-10(11)6-5-9-7-13-8-9/h1-4,9,13H,5-8,12H2. The molecule has 0 amide bonds. The quantitative estimate of drug-likeness (QED) is 0.684. The maximum Gasteiger partial charge on any atom is 0.0346 e. The van der Waals surface area contributed by atoms with E-state index in [1.54, 1.807) is 0 Å². The molecule has 1 aliphatic rings. The molecule has 1 aromatic carbocycles. The molecule has 1 heterocycles. The summed E-state index contributed by atoms with van der Waals surface area (Å²) in [6.07, 6.45) is 2.39. The Morgan fingerprint density at radius 1 is 1.31 bits per heavy atom. The van der Waals surface area contributed by atoms with E-state index in [1.807, 2.05) is 12.1 Å². The van der Waals surface area contributed by atoms with Gasteiger partial charge in [-0.05, 0) is 43.5 Å². The molecule has 3 N–H and O–H groups in total. The van der Waals surface area contributed by atoms with Gasteiger partial charge in [-0.15, -0.1) is 0 Å². The molecular weight excluding hydrogens is 160 g/mol. The van der Waals surface area contributed by atoms with Crippen molar-refractivity contribution < 1.29 is 0 Å². The lowest BCUT2D eigenvalue weighted by atomic mass is 9.94. The average molecular weight is 176 g/mol. The molecule has 0 radical (unpaired) electrons. The van der Waals surface area contributed by atoms with Gasteiger partial charge >= 0.3 is 0 Å². The van der Waals surface area contributed by atoms with Crippen LogP contribution in [0.2, 0.25) is 0 Å². The van der Waals surface area contributed by atoms with E-state index in [-0.39, 0.29) is 0 Å². The normalized spacial score (nSPS) is 16.9. The maximum atomic E-state index is 5.85. The summed E-state index contributed by atoms with van der Waals surface area (Å²) in [4.78, 5) is 0. The van der Waals surface area contributed by atoms with E-state index in [4.69, 9.17) is 5.73 Å². The van der Waals surface area contributed by atoms with E-state index in [0.29, 0.717) is 0 Å². The zero-order chi connectivity index (χ0) is 9.10. The van der Waals surface area contributed by atoms with Crippen molar-refractivity contribution in [2.24, 2.45) is 5.92 Å². The van der Waals surface area contributed by atoms with Crippen molar-refractivity contribution in [3.05, 3.63) is 29.8 Å². The molecule has 0 spiro atoms. The number of hydrogen-bond donors (Lipinski definition) is 2. The largest absolute Gasteiger partial charge is 0.399 e. The number of nitrogen functional groups attached to an aromatic ring is 1. The molecule has 0 aromatic heterocycles. The lowest BCUT2D eigenvalue weighted by Crippen LogP contribution is -2.42. The number of nitrogens with two attached hydrogens (primary N) is 1. The predicted octanol–water partition coefficient (Wildman–Crippen LogP) is 1.42. The molecule has 1 aromatic rings. The molecule has 2 rings (SSSR count). The number of para-hydroxylation sites is 1. The van der Waals surface area contributed by atoms with E-state index < -0.39 is 0 Å². The highest BCUT2D eigenvalue weighted by atomic mass is 14.9. The highest BCUT2D eigenvalue weighted by Gasteiger charge is 2.16. The highest BCUT2D eigenvalue weighted by Crippen LogP contribution is 2.17. The first-order valence-corrected chi connectivity index (χ1v) is 4.90. The Hall–Kier alpha value is -1.02. The number of nitrogens with one attached hydrogen (secondary N) is 1. The van der Waals surface area contributed by atoms with E-state index >= 15 is 0 Å². The van der Waals surface area contributed by atoms with Crippen molar-refractivity contribution in [3.63, 3.8) is 0 Å². The zero-order valence-corrected chi connectivity index (χ0v) is 7.79. The third kappa shape index (κ3) is 2.01. The summed E-state index contributed by atoms with van der Waals surface area (Å²) in [7, 11) is 0. The lowest BCUT2D eigenvalue weighted by molar-refractivity contribution is 0.328. The topological polar surface area (TPSA) is 38.0 Å². The van der Waals surface area contributed by atoms with Crippen LogP contribution in [0.15, 0.2) is 24.3 Å². The summed E-state index contributed by atoms with van der Waals surface area (Å²) in [5, 5.41) is 3.28. The molecule has 13 heavy (non-hydrogen) atoms. The van der Waals surface area contributed by atoms with Crippen molar-refractivity contribution in [1.29, 1.82) is 0 Å². The molecule has 70 valence electrons. The Balaban J connectivity index is 1.89. The molecule has 1 saturated heterocycles. The molecular formula is C11H16N2. The SMILES string of the molecule is Nc1ccccc1CCC1CNC1. The van der Waals surface area contributed by atoms with Crippen LogP contribution in [0.5, 0.6) is 0 Å². The van der Waals surface area contributed by atoms with Gasteiger partial charge in [0.2, 0.25) is 0 Å². The molecule has 0 saturated carbocycles. The molecule has 0 aliphatic carbocycles. The van der Waals surface area contributed by atoms with Gasteiger partial charge in [-0.3, -0.25) is 0 Å². The number of hydrogen-bond acceptors (Lipinski definition) is 2. The van der Waals surface area contributed by atoms with Crippen molar-refractivity contribution in [1.82, 2.24) is 5.32 Å². The first-order chi connectivity index (χ1) is 6.36. The number of anilines is 1. The minimum Gasteiger partial charge on any atom is -0.399 e. The lowest BCUT2D eigenvalue weighted by Gasteiger charge is -2.27. The Morgan fingerprint density at radius 2 is 2.08 bits per heavy atom. The Morgan fingerprint density at radius 3 is 2.69 bits per heavy atom. The summed E-state index contributed by atoms with van der Waals surface area (Å²) in [5.74, 6) is 0.875. The number of rotatable bonds is 3. The second-order valence-corrected chi connectivity index (χ2v) is 3.76. The maximum absolute atomic E-state index is 5.85. The highest BCUT2D eigenvalue weighted by molar-refractivity contribution is 5.46. The van der Waals surface area contributed by atoms with E-state index in [2.05, 4.69) is 17.4 Å². The van der Waals surface area contributed by atoms with Crippen molar-refractivity contribution in [2.45, 2.75) is 12.8 Å². The van der Waals surface area contributed by atoms with Crippen LogP contribution < -0.4 is 11.1 Å². The van der Waals surface area contributed by atoms with Gasteiger partial charge in [0.05, 0.1) is 0 Å². The van der Waals surface area contributed by atoms with Gasteiger partial charge in [-0.2, -0.15) is 0 Å². The zero-order valence-electron chi connectivity index (χ0n) is 7.79. The van der Waals surface area contributed by atoms with Gasteiger partial charge in [0.1, 0.15) is 0 Å². The fourth-order valence-electron chi connectivity index (χ4n) is 1.67. The van der Waals surface area contributed by atoms with Gasteiger partial charge in [0, 0.05) is 5.69 Å². The first-order valence-electron chi connectivity index (χ1n) is 4.90. The molecule has 1 fully saturated rings. The minimum atomic E-state index is 0.875. The smallest absolute Gasteiger partial charge is 0.0346 e. The van der Waals surface area contributed by atoms with Gasteiger partial charge in [0.15, 0.2) is 0 Å². The number of aryl methyl sites for hydroxylation is 1. The second-order valence-electron chi connectivity index (χ2n) is 3.76. The summed E-state index contributed by atoms with van der Waals surface area (Å²) in [6, 6.07) is 8.16. The predicted molar refractivity (Wildman–Crippen MR) is 55.5 cm³/mol. The minimum absolute atomic E-state index is 0.875. The fourth-order valence-corrected chi connectivity index (χ4v) is 1.67. The van der Waals surface area contributed by atoms with Gasteiger partial charge in [0.25, 0.3) is 0 Å². The monoisotopic (exact) mass is 176 g/mol. The van der Waals surface area contributed by atoms with Crippen molar-refractivity contribution >= 4 is 5.69 Å². The van der Waals surface area contributed by atoms with Crippen LogP contribution in [0, 0.1) is 5.92 Å². The third-order valence-electron chi connectivity index (χ3n) is 2.74. The van der Waals surface area contributed by atoms with Gasteiger partial charge in [-0.1, -0.05) is 18.2 Å². The van der Waals surface area contributed by atoms with Gasteiger partial charge in [-0.25, -0.2) is 0 Å². The van der Waals surface area contributed by atoms with Crippen LogP contribution in [0.1, 0.15) is 12.0 Å². The summed E-state index contributed by atoms with van der Waals surface area (Å²) in [6.45, 7) is 2.37. The molecule has 2 heteroatoms. The molecule has 2 nitrogen and oxygen atoms in total. The van der Waals surface area contributed by atoms with Crippen LogP contribution in [0.4, 0.5) is 5.69 Å². The molecule has 0 bridgehead atoms. The van der Waals surface area contributed by atoms with Crippen LogP contribution in [0.25, 0.3) is 0 Å². The first kappa shape index (κ1) is 8.57. The Kier molecular flexibility index (Phi) is 2.50. The van der Waals surface area contributed by atoms with Gasteiger partial charge < -0.3 is 11.1 Å². The van der Waals surface area contributed by atoms with Crippen molar-refractivity contribution in [2.75, 3.05) is 18.8 Å². The fraction of sp³-hybridized carbons (Fsp3) is 0.455. The van der Waals surface area contributed by atoms with E-state index in [1.165, 1.54) is 25.1 Å². The third-order valence-corrected chi connectivity index (χ3v) is 2.74. The van der Waals surface area contributed by atoms with E-state index in [9.17, 15) is 0 Å². The molecule has 0 atom stereocenters. The van der Waals surface area contributed by atoms with E-state index in [0.717, 1.165) is 18.0 Å². The Labute approximate surface area is 79.1 Å². The summed E-state index contributed by atoms with van der Waals surface area (Å²) in [5.41, 5.74) is 8.09. The average Bonchev–Trinajstić information content (AvgIpc) is 2.05. The van der Waals surface area contributed by atoms with Crippen LogP contribution in [-0.4, -0.2) is 13.1 Å². The van der Waals surface area contributed by atoms with Crippen LogP contribution >= 0.6 is 0 Å². The van der Waals surface area contributed by atoms with Crippen molar-refractivity contribution in [3.8, 4) is 0 Å². The Bertz CT molecular complexity index is 279. The molecule has 1 aliphatic heterocycles. The van der Waals surface area contributed by atoms with Crippen LogP contribution in [0.3, 0.4) is 0 Å².